The van der Waals surface area contributed by atoms with E-state index in [2.05, 4.69) is 21.5 Å². The van der Waals surface area contributed by atoms with Crippen molar-refractivity contribution >= 4 is 60.9 Å². The molecular formula is C26H26ClF2N7O2S. The molecule has 1 saturated heterocycles. The molecule has 9 nitrogen and oxygen atoms in total. The lowest BCUT2D eigenvalue weighted by Crippen LogP contribution is -2.48. The van der Waals surface area contributed by atoms with Crippen LogP contribution in [0, 0.1) is 11.6 Å². The summed E-state index contributed by atoms with van der Waals surface area (Å²) in [5.74, 6) is -0.920. The van der Waals surface area contributed by atoms with Crippen molar-refractivity contribution in [1.29, 1.82) is 0 Å². The second-order valence-electron chi connectivity index (χ2n) is 9.27. The van der Waals surface area contributed by atoms with Gasteiger partial charge >= 0.3 is 6.01 Å². The molecule has 5 rings (SSSR count). The zero-order valence-electron chi connectivity index (χ0n) is 21.4. The van der Waals surface area contributed by atoms with E-state index in [9.17, 15) is 9.18 Å². The number of thiazole rings is 1. The van der Waals surface area contributed by atoms with Crippen LogP contribution in [0.2, 0.25) is 5.02 Å². The molecule has 0 bridgehead atoms. The lowest BCUT2D eigenvalue weighted by atomic mass is 10.0. The van der Waals surface area contributed by atoms with Gasteiger partial charge in [0.25, 0.3) is 0 Å². The first kappa shape index (κ1) is 27.0. The maximum Gasteiger partial charge on any atom is 0.319 e. The van der Waals surface area contributed by atoms with E-state index >= 15 is 4.39 Å². The number of hydrogen-bond acceptors (Lipinski definition) is 9. The van der Waals surface area contributed by atoms with E-state index in [0.717, 1.165) is 11.3 Å². The minimum absolute atomic E-state index is 0.00419. The van der Waals surface area contributed by atoms with Gasteiger partial charge in [-0.05, 0) is 38.4 Å². The maximum atomic E-state index is 16.4. The van der Waals surface area contributed by atoms with Crippen LogP contribution in [0.15, 0.2) is 30.9 Å². The number of anilines is 2. The van der Waals surface area contributed by atoms with E-state index in [4.69, 9.17) is 22.1 Å². The number of benzene rings is 2. The molecule has 0 spiro atoms. The van der Waals surface area contributed by atoms with E-state index in [1.807, 2.05) is 23.9 Å². The zero-order chi connectivity index (χ0) is 27.8. The van der Waals surface area contributed by atoms with Gasteiger partial charge in [-0.25, -0.2) is 13.8 Å². The second-order valence-corrected chi connectivity index (χ2v) is 10.7. The average molecular weight is 574 g/mol. The molecule has 1 amide bonds. The molecule has 0 saturated carbocycles. The molecule has 2 aromatic heterocycles. The van der Waals surface area contributed by atoms with Gasteiger partial charge in [0.1, 0.15) is 23.8 Å². The van der Waals surface area contributed by atoms with Crippen molar-refractivity contribution in [3.8, 4) is 17.1 Å². The fraction of sp³-hybridized carbons (Fsp3) is 0.308. The highest BCUT2D eigenvalue weighted by molar-refractivity contribution is 7.22. The molecule has 0 aliphatic carbocycles. The molecule has 0 atom stereocenters. The highest BCUT2D eigenvalue weighted by atomic mass is 35.5. The van der Waals surface area contributed by atoms with Gasteiger partial charge in [-0.3, -0.25) is 4.79 Å². The summed E-state index contributed by atoms with van der Waals surface area (Å²) in [5, 5.41) is 0.635. The third-order valence-corrected chi connectivity index (χ3v) is 7.65. The normalized spacial score (nSPS) is 14.0. The minimum atomic E-state index is -0.710. The largest absolute Gasteiger partial charge is 0.462 e. The number of hydrogen-bond donors (Lipinski definition) is 1. The Bertz CT molecular complexity index is 1590. The first-order chi connectivity index (χ1) is 18.7. The average Bonchev–Trinajstić information content (AvgIpc) is 3.32. The van der Waals surface area contributed by atoms with Crippen LogP contribution in [0.25, 0.3) is 32.2 Å². The summed E-state index contributed by atoms with van der Waals surface area (Å²) in [7, 11) is 3.81. The van der Waals surface area contributed by atoms with Crippen LogP contribution in [0.5, 0.6) is 6.01 Å². The number of ether oxygens (including phenoxy) is 1. The topological polar surface area (TPSA) is 101 Å². The van der Waals surface area contributed by atoms with Crippen molar-refractivity contribution in [2.75, 3.05) is 64.1 Å². The van der Waals surface area contributed by atoms with Crippen molar-refractivity contribution in [3.63, 3.8) is 0 Å². The number of carbonyl (C=O) groups is 1. The molecule has 2 aromatic carbocycles. The van der Waals surface area contributed by atoms with Gasteiger partial charge in [-0.1, -0.05) is 29.5 Å². The van der Waals surface area contributed by atoms with Crippen LogP contribution < -0.4 is 15.4 Å². The summed E-state index contributed by atoms with van der Waals surface area (Å²) in [6.45, 7) is 6.25. The number of piperazine rings is 1. The van der Waals surface area contributed by atoms with E-state index in [-0.39, 0.29) is 50.0 Å². The van der Waals surface area contributed by atoms with Crippen molar-refractivity contribution in [1.82, 2.24) is 24.8 Å². The molecule has 0 radical (unpaired) electrons. The van der Waals surface area contributed by atoms with Gasteiger partial charge in [0.15, 0.2) is 10.9 Å². The van der Waals surface area contributed by atoms with Crippen LogP contribution in [0.3, 0.4) is 0 Å². The zero-order valence-corrected chi connectivity index (χ0v) is 23.0. The number of aromatic nitrogens is 3. The number of nitrogens with zero attached hydrogens (tertiary/aromatic N) is 6. The molecule has 1 aliphatic rings. The van der Waals surface area contributed by atoms with Crippen molar-refractivity contribution in [3.05, 3.63) is 47.5 Å². The Kier molecular flexibility index (Phi) is 7.52. The molecule has 13 heteroatoms. The van der Waals surface area contributed by atoms with E-state index in [1.165, 1.54) is 18.2 Å². The smallest absolute Gasteiger partial charge is 0.319 e. The molecule has 3 heterocycles. The Balaban J connectivity index is 1.65. The Hall–Kier alpha value is -3.61. The number of nitrogen functional groups attached to an aromatic ring is 1. The van der Waals surface area contributed by atoms with Gasteiger partial charge < -0.3 is 25.2 Å². The molecule has 4 aromatic rings. The number of rotatable bonds is 7. The first-order valence-corrected chi connectivity index (χ1v) is 13.4. The molecular weight excluding hydrogens is 548 g/mol. The standard InChI is InChI=1S/C26H26ClF2N7O2S/c1-4-18(37)35-7-9-36(10-8-35)24-15-13-16(27)19(14-5-6-17(28)23-22(14)31-25(30)39-23)20(29)21(15)32-26(33-24)38-12-11-34(2)3/h4-6,13H,1,7-12H2,2-3H3,(H2,30,31). The summed E-state index contributed by atoms with van der Waals surface area (Å²) in [4.78, 5) is 30.9. The lowest BCUT2D eigenvalue weighted by molar-refractivity contribution is -0.126. The number of amides is 1. The Labute approximate surface area is 232 Å². The SMILES string of the molecule is C=CC(=O)N1CCN(c2nc(OCCN(C)C)nc3c(F)c(-c4ccc(F)c5sc(N)nc45)c(Cl)cc23)CC1. The highest BCUT2D eigenvalue weighted by Crippen LogP contribution is 2.42. The molecule has 1 fully saturated rings. The molecule has 204 valence electrons. The maximum absolute atomic E-state index is 16.4. The van der Waals surface area contributed by atoms with Gasteiger partial charge in [0.05, 0.1) is 15.2 Å². The summed E-state index contributed by atoms with van der Waals surface area (Å²) in [5.41, 5.74) is 6.40. The van der Waals surface area contributed by atoms with Crippen LogP contribution in [0.1, 0.15) is 0 Å². The molecule has 1 aliphatic heterocycles. The quantitative estimate of drug-likeness (QED) is 0.328. The number of likely N-dealkylation sites (N-methyl/N-ethyl adjacent to an activating group) is 1. The monoisotopic (exact) mass is 573 g/mol. The minimum Gasteiger partial charge on any atom is -0.462 e. The van der Waals surface area contributed by atoms with Crippen molar-refractivity contribution in [2.45, 2.75) is 0 Å². The summed E-state index contributed by atoms with van der Waals surface area (Å²) in [6, 6.07) is 4.28. The summed E-state index contributed by atoms with van der Waals surface area (Å²) < 4.78 is 36.8. The van der Waals surface area contributed by atoms with Crippen molar-refractivity contribution < 1.29 is 18.3 Å². The molecule has 0 unspecified atom stereocenters. The van der Waals surface area contributed by atoms with Gasteiger partial charge in [-0.15, -0.1) is 0 Å². The van der Waals surface area contributed by atoms with Gasteiger partial charge in [0, 0.05) is 49.2 Å². The highest BCUT2D eigenvalue weighted by Gasteiger charge is 2.27. The number of halogens is 3. The third-order valence-electron chi connectivity index (χ3n) is 6.46. The van der Waals surface area contributed by atoms with Crippen molar-refractivity contribution in [2.24, 2.45) is 0 Å². The number of carbonyl (C=O) groups excluding carboxylic acids is 1. The fourth-order valence-electron chi connectivity index (χ4n) is 4.49. The number of fused-ring (bicyclic) bond motifs is 2. The van der Waals surface area contributed by atoms with Gasteiger partial charge in [-0.2, -0.15) is 9.97 Å². The molecule has 2 N–H and O–H groups in total. The Morgan fingerprint density at radius 3 is 2.64 bits per heavy atom. The number of nitrogens with two attached hydrogens (primary N) is 1. The second kappa shape index (κ2) is 10.9. The fourth-order valence-corrected chi connectivity index (χ4v) is 5.55. The van der Waals surface area contributed by atoms with Gasteiger partial charge in [0.2, 0.25) is 5.91 Å². The lowest BCUT2D eigenvalue weighted by Gasteiger charge is -2.35. The Morgan fingerprint density at radius 1 is 1.21 bits per heavy atom. The predicted molar refractivity (Wildman–Crippen MR) is 151 cm³/mol. The van der Waals surface area contributed by atoms with Crippen LogP contribution >= 0.6 is 22.9 Å². The van der Waals surface area contributed by atoms with Crippen LogP contribution in [-0.2, 0) is 4.79 Å². The van der Waals surface area contributed by atoms with E-state index < -0.39 is 11.6 Å². The molecule has 39 heavy (non-hydrogen) atoms. The summed E-state index contributed by atoms with van der Waals surface area (Å²) >= 11 is 7.66. The third kappa shape index (κ3) is 5.19. The van der Waals surface area contributed by atoms with E-state index in [0.29, 0.717) is 49.5 Å². The predicted octanol–water partition coefficient (Wildman–Crippen LogP) is 4.20. The van der Waals surface area contributed by atoms with Crippen LogP contribution in [-0.4, -0.2) is 84.1 Å². The van der Waals surface area contributed by atoms with Crippen LogP contribution in [0.4, 0.5) is 19.7 Å². The Morgan fingerprint density at radius 2 is 1.95 bits per heavy atom. The first-order valence-electron chi connectivity index (χ1n) is 12.2. The summed E-state index contributed by atoms with van der Waals surface area (Å²) in [6.07, 6.45) is 1.28. The van der Waals surface area contributed by atoms with E-state index in [1.54, 1.807) is 11.0 Å².